The summed E-state index contributed by atoms with van der Waals surface area (Å²) in [5.74, 6) is 0. The molecule has 0 fully saturated rings. The minimum atomic E-state index is -6.09. The number of thioether (sulfide) groups is 1. The number of thiophene rings is 1. The Hall–Kier alpha value is -2.02. The predicted molar refractivity (Wildman–Crippen MR) is 140 cm³/mol. The summed E-state index contributed by atoms with van der Waals surface area (Å²) in [5.41, 5.74) is -13.4. The standard InChI is InChI=1S/C15H10F3S.C7H4F3IS.CHF3O3S/c16-15(17,18)19-13-9-5-4-8-12(13)10-14(19)11-6-2-1-3-7-11;8-7(9,10)12-6-4-2-1-3-5(6)11;2-1(3,4)8(5,6)7/h1-10H;1-4H;(H,5,6,7)/q+1;;/p-1. The zero-order valence-corrected chi connectivity index (χ0v) is 23.4. The van der Waals surface area contributed by atoms with Crippen LogP contribution < -0.4 is 0 Å². The topological polar surface area (TPSA) is 57.2 Å². The first kappa shape index (κ1) is 33.2. The van der Waals surface area contributed by atoms with Crippen LogP contribution in [-0.2, 0) is 15.6 Å². The number of benzene rings is 3. The highest BCUT2D eigenvalue weighted by molar-refractivity contribution is 14.1. The van der Waals surface area contributed by atoms with E-state index < -0.39 is 37.1 Å². The number of hydrogen-bond donors (Lipinski definition) is 0. The molecule has 1 aromatic heterocycles. The SMILES string of the molecule is FC(F)(F)Sc1ccccc1I.FC(F)(F)[s+]1c(-c2ccccc2)cc2ccccc21.O=S(=O)([O-])C(F)(F)F. The van der Waals surface area contributed by atoms with Gasteiger partial charge in [-0.25, -0.2) is 8.42 Å². The van der Waals surface area contributed by atoms with Gasteiger partial charge in [0, 0.05) is 25.5 Å². The van der Waals surface area contributed by atoms with Crippen molar-refractivity contribution in [3.8, 4) is 10.4 Å². The fraction of sp³-hybridized carbons (Fsp3) is 0.130. The van der Waals surface area contributed by atoms with Crippen LogP contribution in [0.15, 0.2) is 89.8 Å². The maximum Gasteiger partial charge on any atom is 0.601 e. The molecule has 0 aliphatic carbocycles. The molecule has 4 aromatic rings. The van der Waals surface area contributed by atoms with Crippen LogP contribution in [0.25, 0.3) is 20.5 Å². The molecule has 1 unspecified atom stereocenters. The Morgan fingerprint density at radius 3 is 1.72 bits per heavy atom. The normalized spacial score (nSPS) is 12.7. The third-order valence-electron chi connectivity index (χ3n) is 4.28. The van der Waals surface area contributed by atoms with E-state index in [4.69, 9.17) is 13.0 Å². The summed E-state index contributed by atoms with van der Waals surface area (Å²) in [6, 6.07) is 23.6. The molecule has 0 aliphatic rings. The molecule has 4 rings (SSSR count). The van der Waals surface area contributed by atoms with Crippen molar-refractivity contribution in [2.24, 2.45) is 0 Å². The van der Waals surface area contributed by atoms with Crippen molar-refractivity contribution in [2.75, 3.05) is 0 Å². The molecule has 0 N–H and O–H groups in total. The van der Waals surface area contributed by atoms with Gasteiger partial charge >= 0.3 is 16.5 Å². The number of rotatable bonds is 2. The Balaban J connectivity index is 0.000000229. The van der Waals surface area contributed by atoms with Crippen LogP contribution in [0.2, 0.25) is 0 Å². The second-order valence-electron chi connectivity index (χ2n) is 7.04. The first-order chi connectivity index (χ1) is 17.8. The zero-order chi connectivity index (χ0) is 29.6. The van der Waals surface area contributed by atoms with Crippen molar-refractivity contribution in [1.29, 1.82) is 0 Å². The summed E-state index contributed by atoms with van der Waals surface area (Å²) in [7, 11) is -7.94. The summed E-state index contributed by atoms with van der Waals surface area (Å²) in [4.78, 5) is 0.611. The quantitative estimate of drug-likeness (QED) is 0.0515. The lowest BCUT2D eigenvalue weighted by Crippen LogP contribution is -2.21. The van der Waals surface area contributed by atoms with E-state index in [2.05, 4.69) is 0 Å². The first-order valence-electron chi connectivity index (χ1n) is 10.0. The molecule has 0 radical (unpaired) electrons. The average molecular weight is 732 g/mol. The molecule has 3 nitrogen and oxygen atoms in total. The highest BCUT2D eigenvalue weighted by Crippen LogP contribution is 2.54. The minimum absolute atomic E-state index is 0.0801. The number of hydrogen-bond acceptors (Lipinski definition) is 4. The van der Waals surface area contributed by atoms with Gasteiger partial charge < -0.3 is 4.55 Å². The molecular formula is C23H14F9IO3S3. The molecule has 39 heavy (non-hydrogen) atoms. The van der Waals surface area contributed by atoms with Crippen molar-refractivity contribution in [3.63, 3.8) is 0 Å². The highest BCUT2D eigenvalue weighted by atomic mass is 127. The molecule has 0 bridgehead atoms. The van der Waals surface area contributed by atoms with Crippen molar-refractivity contribution in [2.45, 2.75) is 21.4 Å². The van der Waals surface area contributed by atoms with E-state index in [0.717, 1.165) is 0 Å². The molecule has 1 atom stereocenters. The Bertz CT molecular complexity index is 1480. The Labute approximate surface area is 236 Å². The van der Waals surface area contributed by atoms with Gasteiger partial charge in [0.2, 0.25) is 0 Å². The monoisotopic (exact) mass is 732 g/mol. The van der Waals surface area contributed by atoms with Gasteiger partial charge in [0.15, 0.2) is 19.7 Å². The predicted octanol–water partition coefficient (Wildman–Crippen LogP) is 9.69. The smallest absolute Gasteiger partial charge is 0.601 e. The lowest BCUT2D eigenvalue weighted by molar-refractivity contribution is -0.0865. The third kappa shape index (κ3) is 10.1. The lowest BCUT2D eigenvalue weighted by atomic mass is 10.2. The molecule has 0 saturated heterocycles. The highest BCUT2D eigenvalue weighted by Gasteiger charge is 2.48. The van der Waals surface area contributed by atoms with Crippen LogP contribution >= 0.6 is 44.8 Å². The van der Waals surface area contributed by atoms with Gasteiger partial charge in [-0.3, -0.25) is 0 Å². The van der Waals surface area contributed by atoms with Gasteiger partial charge in [-0.05, 0) is 70.8 Å². The Kier molecular flexibility index (Phi) is 11.1. The number of halogens is 10. The zero-order valence-electron chi connectivity index (χ0n) is 18.8. The van der Waals surface area contributed by atoms with Gasteiger partial charge in [-0.2, -0.15) is 26.3 Å². The molecule has 3 aromatic carbocycles. The molecule has 0 aliphatic heterocycles. The lowest BCUT2D eigenvalue weighted by Gasteiger charge is -2.08. The summed E-state index contributed by atoms with van der Waals surface area (Å²) >= 11 is 1.80. The van der Waals surface area contributed by atoms with E-state index in [1.54, 1.807) is 78.9 Å². The summed E-state index contributed by atoms with van der Waals surface area (Å²) in [5, 5.41) is 0.669. The molecule has 1 heterocycles. The van der Waals surface area contributed by atoms with E-state index in [-0.39, 0.29) is 16.7 Å². The number of fused-ring (bicyclic) bond motifs is 1. The van der Waals surface area contributed by atoms with Crippen LogP contribution in [-0.4, -0.2) is 24.0 Å². The van der Waals surface area contributed by atoms with Crippen molar-refractivity contribution >= 4 is 65.0 Å². The van der Waals surface area contributed by atoms with Crippen LogP contribution in [0, 0.1) is 3.57 Å². The van der Waals surface area contributed by atoms with E-state index in [1.807, 2.05) is 22.6 Å². The van der Waals surface area contributed by atoms with E-state index in [9.17, 15) is 39.5 Å². The number of alkyl halides is 9. The molecule has 16 heteroatoms. The molecule has 0 saturated carbocycles. The van der Waals surface area contributed by atoms with Crippen molar-refractivity contribution in [1.82, 2.24) is 0 Å². The van der Waals surface area contributed by atoms with Gasteiger partial charge in [-0.15, -0.1) is 13.2 Å². The average Bonchev–Trinajstić information content (AvgIpc) is 3.20. The molecule has 0 amide bonds. The second kappa shape index (κ2) is 13.1. The van der Waals surface area contributed by atoms with Crippen LogP contribution in [0.3, 0.4) is 0 Å². The van der Waals surface area contributed by atoms with Crippen molar-refractivity contribution < 1.29 is 52.5 Å². The van der Waals surface area contributed by atoms with E-state index in [0.29, 0.717) is 24.1 Å². The largest absolute Gasteiger partial charge is 0.741 e. The van der Waals surface area contributed by atoms with Crippen LogP contribution in [0.4, 0.5) is 39.5 Å². The molecule has 212 valence electrons. The Morgan fingerprint density at radius 2 is 1.23 bits per heavy atom. The van der Waals surface area contributed by atoms with Gasteiger partial charge in [0.05, 0.1) is 0 Å². The molecular weight excluding hydrogens is 718 g/mol. The summed E-state index contributed by atoms with van der Waals surface area (Å²) < 4.78 is 136. The van der Waals surface area contributed by atoms with E-state index >= 15 is 0 Å². The fourth-order valence-electron chi connectivity index (χ4n) is 2.81. The van der Waals surface area contributed by atoms with Gasteiger partial charge in [0.1, 0.15) is 10.5 Å². The summed E-state index contributed by atoms with van der Waals surface area (Å²) in [6.07, 6.45) is 0. The minimum Gasteiger partial charge on any atom is -0.741 e. The van der Waals surface area contributed by atoms with Gasteiger partial charge in [0.25, 0.3) is 0 Å². The third-order valence-corrected chi connectivity index (χ3v) is 9.03. The maximum atomic E-state index is 13.3. The van der Waals surface area contributed by atoms with Crippen molar-refractivity contribution in [3.05, 3.63) is 88.5 Å². The van der Waals surface area contributed by atoms with Gasteiger partial charge in [-0.1, -0.05) is 42.5 Å². The van der Waals surface area contributed by atoms with E-state index in [1.165, 1.54) is 6.07 Å². The van der Waals surface area contributed by atoms with Crippen LogP contribution in [0.5, 0.6) is 0 Å². The molecule has 0 spiro atoms. The fourth-order valence-corrected chi connectivity index (χ4v) is 6.02. The summed E-state index contributed by atoms with van der Waals surface area (Å²) in [6.45, 7) is 0. The van der Waals surface area contributed by atoms with Crippen LogP contribution in [0.1, 0.15) is 0 Å². The first-order valence-corrected chi connectivity index (χ1v) is 14.5. The Morgan fingerprint density at radius 1 is 0.744 bits per heavy atom. The second-order valence-corrected chi connectivity index (χ2v) is 12.6. The maximum absolute atomic E-state index is 13.3.